The maximum atomic E-state index is 12.2. The summed E-state index contributed by atoms with van der Waals surface area (Å²) in [7, 11) is 4.30. The largest absolute Gasteiger partial charge is 0.337 e. The van der Waals surface area contributed by atoms with Crippen LogP contribution in [0.25, 0.3) is 0 Å². The van der Waals surface area contributed by atoms with Gasteiger partial charge in [0, 0.05) is 38.3 Å². The van der Waals surface area contributed by atoms with Crippen LogP contribution in [-0.2, 0) is 0 Å². The quantitative estimate of drug-likeness (QED) is 0.815. The topological polar surface area (TPSA) is 47.6 Å². The number of hydrogen-bond donors (Lipinski definition) is 2. The van der Waals surface area contributed by atoms with Gasteiger partial charge in [0.2, 0.25) is 0 Å². The molecule has 128 valence electrons. The molecule has 3 atom stereocenters. The maximum Gasteiger partial charge on any atom is 0.315 e. The van der Waals surface area contributed by atoms with Crippen molar-refractivity contribution >= 4 is 6.03 Å². The van der Waals surface area contributed by atoms with Crippen LogP contribution in [0.3, 0.4) is 0 Å². The van der Waals surface area contributed by atoms with Crippen molar-refractivity contribution in [1.29, 1.82) is 0 Å². The third-order valence-electron chi connectivity index (χ3n) is 5.36. The van der Waals surface area contributed by atoms with Crippen molar-refractivity contribution in [2.75, 3.05) is 40.3 Å². The summed E-state index contributed by atoms with van der Waals surface area (Å²) >= 11 is 0. The van der Waals surface area contributed by atoms with Crippen LogP contribution in [0, 0.1) is 5.92 Å². The molecule has 1 aliphatic heterocycles. The highest BCUT2D eigenvalue weighted by Gasteiger charge is 2.26. The van der Waals surface area contributed by atoms with Gasteiger partial charge in [0.15, 0.2) is 0 Å². The van der Waals surface area contributed by atoms with E-state index in [0.29, 0.717) is 18.0 Å². The van der Waals surface area contributed by atoms with E-state index in [1.54, 1.807) is 0 Å². The molecule has 0 aromatic carbocycles. The molecular weight excluding hydrogens is 276 g/mol. The fourth-order valence-corrected chi connectivity index (χ4v) is 3.87. The molecule has 22 heavy (non-hydrogen) atoms. The Kier molecular flexibility index (Phi) is 6.96. The van der Waals surface area contributed by atoms with Gasteiger partial charge in [0.25, 0.3) is 0 Å². The Balaban J connectivity index is 1.74. The van der Waals surface area contributed by atoms with Crippen molar-refractivity contribution < 1.29 is 4.79 Å². The minimum absolute atomic E-state index is 0.0228. The van der Waals surface area contributed by atoms with Crippen LogP contribution in [0.2, 0.25) is 0 Å². The molecule has 2 aliphatic rings. The highest BCUT2D eigenvalue weighted by Crippen LogP contribution is 2.27. The zero-order valence-electron chi connectivity index (χ0n) is 14.6. The summed E-state index contributed by atoms with van der Waals surface area (Å²) in [6.07, 6.45) is 7.44. The number of carbonyl (C=O) groups is 1. The first kappa shape index (κ1) is 17.5. The summed E-state index contributed by atoms with van der Waals surface area (Å²) in [6.45, 7) is 6.18. The van der Waals surface area contributed by atoms with Gasteiger partial charge in [0.1, 0.15) is 0 Å². The van der Waals surface area contributed by atoms with E-state index in [2.05, 4.69) is 41.5 Å². The number of urea groups is 1. The van der Waals surface area contributed by atoms with Crippen LogP contribution >= 0.6 is 0 Å². The molecule has 1 saturated carbocycles. The van der Waals surface area contributed by atoms with Gasteiger partial charge >= 0.3 is 6.03 Å². The van der Waals surface area contributed by atoms with Crippen LogP contribution < -0.4 is 10.6 Å². The summed E-state index contributed by atoms with van der Waals surface area (Å²) < 4.78 is 0. The van der Waals surface area contributed by atoms with E-state index in [9.17, 15) is 4.79 Å². The number of likely N-dealkylation sites (N-methyl/N-ethyl adjacent to an activating group) is 2. The summed E-state index contributed by atoms with van der Waals surface area (Å²) in [5.41, 5.74) is 0. The fraction of sp³-hybridized carbons (Fsp3) is 0.941. The van der Waals surface area contributed by atoms with Crippen molar-refractivity contribution in [3.05, 3.63) is 0 Å². The van der Waals surface area contributed by atoms with E-state index in [1.807, 2.05) is 0 Å². The lowest BCUT2D eigenvalue weighted by Crippen LogP contribution is -2.56. The van der Waals surface area contributed by atoms with Gasteiger partial charge in [0.05, 0.1) is 0 Å². The molecule has 2 amide bonds. The number of rotatable bonds is 5. The number of nitrogens with zero attached hydrogens (tertiary/aromatic N) is 2. The van der Waals surface area contributed by atoms with Gasteiger partial charge in [-0.1, -0.05) is 26.2 Å². The molecular formula is C17H34N4O. The van der Waals surface area contributed by atoms with E-state index in [0.717, 1.165) is 32.6 Å². The lowest BCUT2D eigenvalue weighted by molar-refractivity contribution is 0.114. The first-order valence-electron chi connectivity index (χ1n) is 9.03. The van der Waals surface area contributed by atoms with E-state index < -0.39 is 0 Å². The Morgan fingerprint density at radius 2 is 1.95 bits per heavy atom. The van der Waals surface area contributed by atoms with E-state index >= 15 is 0 Å². The Morgan fingerprint density at radius 1 is 1.18 bits per heavy atom. The van der Waals surface area contributed by atoms with Crippen LogP contribution in [0.5, 0.6) is 0 Å². The molecule has 0 bridgehead atoms. The molecule has 0 radical (unpaired) electrons. The zero-order chi connectivity index (χ0) is 15.9. The molecule has 2 rings (SSSR count). The average molecular weight is 310 g/mol. The van der Waals surface area contributed by atoms with E-state index in [1.165, 1.54) is 32.1 Å². The number of piperazine rings is 1. The lowest BCUT2D eigenvalue weighted by atomic mass is 9.82. The van der Waals surface area contributed by atoms with Crippen LogP contribution in [0.4, 0.5) is 4.79 Å². The van der Waals surface area contributed by atoms with Crippen molar-refractivity contribution in [2.24, 2.45) is 5.92 Å². The Labute approximate surface area is 135 Å². The highest BCUT2D eigenvalue weighted by molar-refractivity contribution is 5.74. The first-order valence-corrected chi connectivity index (χ1v) is 9.03. The smallest absolute Gasteiger partial charge is 0.315 e. The molecule has 2 fully saturated rings. The number of carbonyl (C=O) groups excluding carboxylic acids is 1. The monoisotopic (exact) mass is 310 g/mol. The highest BCUT2D eigenvalue weighted by atomic mass is 16.2. The SMILES string of the molecule is CCC[C@@H]1CCCC[C@@H]1NC(=O)NC[C@@H]1CN(C)CCN1C. The van der Waals surface area contributed by atoms with Crippen molar-refractivity contribution in [3.8, 4) is 0 Å². The second-order valence-corrected chi connectivity index (χ2v) is 7.19. The Hall–Kier alpha value is -0.810. The van der Waals surface area contributed by atoms with Crippen molar-refractivity contribution in [3.63, 3.8) is 0 Å². The molecule has 1 saturated heterocycles. The van der Waals surface area contributed by atoms with Gasteiger partial charge in [-0.15, -0.1) is 0 Å². The molecule has 2 N–H and O–H groups in total. The van der Waals surface area contributed by atoms with Crippen molar-refractivity contribution in [2.45, 2.75) is 57.5 Å². The molecule has 5 heteroatoms. The standard InChI is InChI=1S/C17H34N4O/c1-4-7-14-8-5-6-9-16(14)19-17(22)18-12-15-13-20(2)10-11-21(15)3/h14-16H,4-13H2,1-3H3,(H2,18,19,22)/t14-,15-,16+/m1/s1. The molecule has 0 unspecified atom stereocenters. The van der Waals surface area contributed by atoms with Gasteiger partial charge in [-0.05, 0) is 39.3 Å². The maximum absolute atomic E-state index is 12.2. The van der Waals surface area contributed by atoms with Crippen LogP contribution in [0.1, 0.15) is 45.4 Å². The van der Waals surface area contributed by atoms with Crippen LogP contribution in [-0.4, -0.2) is 68.2 Å². The third-order valence-corrected chi connectivity index (χ3v) is 5.36. The second kappa shape index (κ2) is 8.73. The van der Waals surface area contributed by atoms with E-state index in [4.69, 9.17) is 0 Å². The summed E-state index contributed by atoms with van der Waals surface area (Å²) in [5, 5.41) is 6.33. The molecule has 0 spiro atoms. The van der Waals surface area contributed by atoms with Crippen molar-refractivity contribution in [1.82, 2.24) is 20.4 Å². The van der Waals surface area contributed by atoms with Gasteiger partial charge in [-0.3, -0.25) is 4.90 Å². The lowest BCUT2D eigenvalue weighted by Gasteiger charge is -2.38. The molecule has 1 aliphatic carbocycles. The third kappa shape index (κ3) is 5.13. The normalized spacial score (nSPS) is 31.0. The fourth-order valence-electron chi connectivity index (χ4n) is 3.87. The zero-order valence-corrected chi connectivity index (χ0v) is 14.6. The minimum Gasteiger partial charge on any atom is -0.337 e. The van der Waals surface area contributed by atoms with E-state index in [-0.39, 0.29) is 6.03 Å². The Bertz CT molecular complexity index is 348. The summed E-state index contributed by atoms with van der Waals surface area (Å²) in [4.78, 5) is 16.9. The molecule has 5 nitrogen and oxygen atoms in total. The van der Waals surface area contributed by atoms with Gasteiger partial charge < -0.3 is 15.5 Å². The predicted molar refractivity (Wildman–Crippen MR) is 91.1 cm³/mol. The summed E-state index contributed by atoms with van der Waals surface area (Å²) in [6, 6.07) is 0.817. The second-order valence-electron chi connectivity index (χ2n) is 7.19. The van der Waals surface area contributed by atoms with Crippen LogP contribution in [0.15, 0.2) is 0 Å². The number of hydrogen-bond acceptors (Lipinski definition) is 3. The molecule has 1 heterocycles. The first-order chi connectivity index (χ1) is 10.6. The minimum atomic E-state index is 0.0228. The van der Waals surface area contributed by atoms with Gasteiger partial charge in [-0.25, -0.2) is 4.79 Å². The average Bonchev–Trinajstić information content (AvgIpc) is 2.50. The van der Waals surface area contributed by atoms with Gasteiger partial charge in [-0.2, -0.15) is 0 Å². The molecule has 0 aromatic rings. The number of nitrogens with one attached hydrogen (secondary N) is 2. The number of amides is 2. The Morgan fingerprint density at radius 3 is 2.73 bits per heavy atom. The molecule has 0 aromatic heterocycles. The summed E-state index contributed by atoms with van der Waals surface area (Å²) in [5.74, 6) is 0.674. The predicted octanol–water partition coefficient (Wildman–Crippen LogP) is 1.89.